The third kappa shape index (κ3) is 2.37. The molecule has 6 nitrogen and oxygen atoms in total. The van der Waals surface area contributed by atoms with E-state index in [0.29, 0.717) is 12.0 Å². The van der Waals surface area contributed by atoms with E-state index < -0.39 is 0 Å². The number of fused-ring (bicyclic) bond motifs is 2. The summed E-state index contributed by atoms with van der Waals surface area (Å²) in [5, 5.41) is 8.05. The largest absolute Gasteiger partial charge is 0.374 e. The molecule has 0 aliphatic carbocycles. The van der Waals surface area contributed by atoms with Crippen LogP contribution in [0.1, 0.15) is 19.3 Å². The van der Waals surface area contributed by atoms with Gasteiger partial charge in [-0.3, -0.25) is 4.79 Å². The first-order chi connectivity index (χ1) is 10.3. The Labute approximate surface area is 124 Å². The van der Waals surface area contributed by atoms with Crippen molar-refractivity contribution in [1.29, 1.82) is 0 Å². The zero-order valence-corrected chi connectivity index (χ0v) is 12.0. The Hall–Kier alpha value is -1.69. The number of carbonyl (C=O) groups is 1. The molecule has 1 amide bonds. The fraction of sp³-hybridized carbons (Fsp3) is 0.667. The lowest BCUT2D eigenvalue weighted by Gasteiger charge is -2.37. The maximum absolute atomic E-state index is 12.6. The lowest BCUT2D eigenvalue weighted by Crippen LogP contribution is -2.51. The SMILES string of the molecule is O=C(C1CC2CCC1O2)N1CCN(c2cccnn2)CC1. The van der Waals surface area contributed by atoms with Crippen molar-refractivity contribution in [3.05, 3.63) is 18.3 Å². The summed E-state index contributed by atoms with van der Waals surface area (Å²) in [5.41, 5.74) is 0. The molecule has 0 radical (unpaired) electrons. The van der Waals surface area contributed by atoms with Crippen molar-refractivity contribution in [2.75, 3.05) is 31.1 Å². The number of hydrogen-bond donors (Lipinski definition) is 0. The summed E-state index contributed by atoms with van der Waals surface area (Å²) in [6.45, 7) is 3.19. The van der Waals surface area contributed by atoms with Crippen LogP contribution in [-0.4, -0.2) is 59.4 Å². The Bertz CT molecular complexity index is 516. The van der Waals surface area contributed by atoms with Gasteiger partial charge in [0.25, 0.3) is 0 Å². The maximum atomic E-state index is 12.6. The summed E-state index contributed by atoms with van der Waals surface area (Å²) < 4.78 is 5.81. The van der Waals surface area contributed by atoms with Crippen molar-refractivity contribution >= 4 is 11.7 Å². The fourth-order valence-electron chi connectivity index (χ4n) is 3.75. The standard InChI is InChI=1S/C15H20N4O2/c20-15(12-10-11-3-4-13(12)21-11)19-8-6-18(7-9-19)14-2-1-5-16-17-14/h1-2,5,11-13H,3-4,6-10H2. The summed E-state index contributed by atoms with van der Waals surface area (Å²) in [5.74, 6) is 1.29. The molecule has 1 aromatic rings. The van der Waals surface area contributed by atoms with Gasteiger partial charge in [0.05, 0.1) is 18.1 Å². The zero-order chi connectivity index (χ0) is 14.2. The van der Waals surface area contributed by atoms with Crippen LogP contribution in [0.25, 0.3) is 0 Å². The maximum Gasteiger partial charge on any atom is 0.228 e. The van der Waals surface area contributed by atoms with Crippen molar-refractivity contribution in [3.8, 4) is 0 Å². The number of ether oxygens (including phenoxy) is 1. The number of anilines is 1. The van der Waals surface area contributed by atoms with Gasteiger partial charge in [-0.15, -0.1) is 5.10 Å². The minimum Gasteiger partial charge on any atom is -0.374 e. The highest BCUT2D eigenvalue weighted by atomic mass is 16.5. The van der Waals surface area contributed by atoms with Crippen LogP contribution in [0.5, 0.6) is 0 Å². The first kappa shape index (κ1) is 13.0. The van der Waals surface area contributed by atoms with Crippen LogP contribution in [0, 0.1) is 5.92 Å². The van der Waals surface area contributed by atoms with E-state index in [1.165, 1.54) is 0 Å². The Morgan fingerprint density at radius 2 is 2.10 bits per heavy atom. The molecule has 6 heteroatoms. The monoisotopic (exact) mass is 288 g/mol. The van der Waals surface area contributed by atoms with Crippen LogP contribution in [0.15, 0.2) is 18.3 Å². The van der Waals surface area contributed by atoms with Crippen LogP contribution in [0.3, 0.4) is 0 Å². The zero-order valence-electron chi connectivity index (χ0n) is 12.0. The highest BCUT2D eigenvalue weighted by molar-refractivity contribution is 5.80. The Balaban J connectivity index is 1.36. The summed E-state index contributed by atoms with van der Waals surface area (Å²) in [6.07, 6.45) is 5.31. The summed E-state index contributed by atoms with van der Waals surface area (Å²) in [4.78, 5) is 16.8. The summed E-state index contributed by atoms with van der Waals surface area (Å²) in [7, 11) is 0. The van der Waals surface area contributed by atoms with Gasteiger partial charge in [-0.05, 0) is 31.4 Å². The van der Waals surface area contributed by atoms with Crippen LogP contribution in [0.4, 0.5) is 5.82 Å². The average molecular weight is 288 g/mol. The fourth-order valence-corrected chi connectivity index (χ4v) is 3.75. The van der Waals surface area contributed by atoms with Gasteiger partial charge in [0.2, 0.25) is 5.91 Å². The number of nitrogens with zero attached hydrogens (tertiary/aromatic N) is 4. The van der Waals surface area contributed by atoms with Crippen LogP contribution >= 0.6 is 0 Å². The van der Waals surface area contributed by atoms with E-state index >= 15 is 0 Å². The van der Waals surface area contributed by atoms with Crippen LogP contribution in [0.2, 0.25) is 0 Å². The van der Waals surface area contributed by atoms with Crippen molar-refractivity contribution < 1.29 is 9.53 Å². The topological polar surface area (TPSA) is 58.6 Å². The second-order valence-corrected chi connectivity index (χ2v) is 6.11. The molecule has 3 saturated heterocycles. The molecular weight excluding hydrogens is 268 g/mol. The van der Waals surface area contributed by atoms with Gasteiger partial charge in [0, 0.05) is 32.4 Å². The Morgan fingerprint density at radius 1 is 1.24 bits per heavy atom. The number of piperazine rings is 1. The predicted molar refractivity (Wildman–Crippen MR) is 76.8 cm³/mol. The first-order valence-electron chi connectivity index (χ1n) is 7.78. The molecule has 0 aromatic carbocycles. The Morgan fingerprint density at radius 3 is 2.71 bits per heavy atom. The summed E-state index contributed by atoms with van der Waals surface area (Å²) >= 11 is 0. The van der Waals surface area contributed by atoms with Gasteiger partial charge in [-0.1, -0.05) is 0 Å². The normalized spacial score (nSPS) is 31.7. The third-order valence-corrected chi connectivity index (χ3v) is 4.90. The number of carbonyl (C=O) groups excluding carboxylic acids is 1. The summed E-state index contributed by atoms with van der Waals surface area (Å²) in [6, 6.07) is 3.86. The van der Waals surface area contributed by atoms with Crippen molar-refractivity contribution in [2.45, 2.75) is 31.5 Å². The van der Waals surface area contributed by atoms with Crippen molar-refractivity contribution in [1.82, 2.24) is 15.1 Å². The minimum absolute atomic E-state index is 0.104. The van der Waals surface area contributed by atoms with Gasteiger partial charge in [-0.2, -0.15) is 5.10 Å². The molecule has 4 rings (SSSR count). The molecule has 3 aliphatic heterocycles. The van der Waals surface area contributed by atoms with E-state index in [1.54, 1.807) is 6.20 Å². The first-order valence-corrected chi connectivity index (χ1v) is 7.78. The van der Waals surface area contributed by atoms with Crippen LogP contribution < -0.4 is 4.90 Å². The highest BCUT2D eigenvalue weighted by Gasteiger charge is 2.45. The molecule has 0 spiro atoms. The van der Waals surface area contributed by atoms with E-state index in [2.05, 4.69) is 15.1 Å². The molecular formula is C15H20N4O2. The quantitative estimate of drug-likeness (QED) is 0.801. The molecule has 3 unspecified atom stereocenters. The van der Waals surface area contributed by atoms with E-state index in [4.69, 9.17) is 4.74 Å². The van der Waals surface area contributed by atoms with Gasteiger partial charge < -0.3 is 14.5 Å². The van der Waals surface area contributed by atoms with Gasteiger partial charge in [-0.25, -0.2) is 0 Å². The second-order valence-electron chi connectivity index (χ2n) is 6.11. The molecule has 3 aliphatic rings. The molecule has 0 saturated carbocycles. The predicted octanol–water partition coefficient (Wildman–Crippen LogP) is 0.693. The Kier molecular flexibility index (Phi) is 3.25. The average Bonchev–Trinajstić information content (AvgIpc) is 3.18. The smallest absolute Gasteiger partial charge is 0.228 e. The minimum atomic E-state index is 0.104. The molecule has 1 aromatic heterocycles. The molecule has 3 fully saturated rings. The van der Waals surface area contributed by atoms with Gasteiger partial charge in [0.1, 0.15) is 0 Å². The van der Waals surface area contributed by atoms with Gasteiger partial charge >= 0.3 is 0 Å². The molecule has 112 valence electrons. The number of amides is 1. The van der Waals surface area contributed by atoms with E-state index in [1.807, 2.05) is 17.0 Å². The number of rotatable bonds is 2. The highest BCUT2D eigenvalue weighted by Crippen LogP contribution is 2.39. The number of aromatic nitrogens is 2. The molecule has 3 atom stereocenters. The van der Waals surface area contributed by atoms with Crippen molar-refractivity contribution in [3.63, 3.8) is 0 Å². The van der Waals surface area contributed by atoms with Crippen LogP contribution in [-0.2, 0) is 9.53 Å². The van der Waals surface area contributed by atoms with E-state index in [9.17, 15) is 4.79 Å². The van der Waals surface area contributed by atoms with E-state index in [-0.39, 0.29) is 12.0 Å². The molecule has 21 heavy (non-hydrogen) atoms. The number of hydrogen-bond acceptors (Lipinski definition) is 5. The van der Waals surface area contributed by atoms with Gasteiger partial charge in [0.15, 0.2) is 5.82 Å². The lowest BCUT2D eigenvalue weighted by molar-refractivity contribution is -0.137. The molecule has 4 heterocycles. The molecule has 0 N–H and O–H groups in total. The van der Waals surface area contributed by atoms with Crippen molar-refractivity contribution in [2.24, 2.45) is 5.92 Å². The van der Waals surface area contributed by atoms with E-state index in [0.717, 1.165) is 51.3 Å². The second kappa shape index (κ2) is 5.26. The molecule has 2 bridgehead atoms. The third-order valence-electron chi connectivity index (χ3n) is 4.90. The lowest BCUT2D eigenvalue weighted by atomic mass is 9.88.